The number of nitrogens with zero attached hydrogens (tertiary/aromatic N) is 4. The summed E-state index contributed by atoms with van der Waals surface area (Å²) in [7, 11) is 0. The molecule has 0 fully saturated rings. The summed E-state index contributed by atoms with van der Waals surface area (Å²) in [5.74, 6) is -0.0928. The molecule has 0 aliphatic carbocycles. The number of anilines is 1. The summed E-state index contributed by atoms with van der Waals surface area (Å²) < 4.78 is 0. The average Bonchev–Trinajstić information content (AvgIpc) is 2.33. The van der Waals surface area contributed by atoms with Gasteiger partial charge in [-0.1, -0.05) is 11.6 Å². The molecule has 0 aliphatic heterocycles. The lowest BCUT2D eigenvalue weighted by molar-refractivity contribution is 0.102. The van der Waals surface area contributed by atoms with Crippen molar-refractivity contribution in [3.8, 4) is 0 Å². The Balaban J connectivity index is 2.11. The van der Waals surface area contributed by atoms with Crippen molar-refractivity contribution in [3.05, 3.63) is 41.8 Å². The van der Waals surface area contributed by atoms with Gasteiger partial charge in [0, 0.05) is 12.4 Å². The highest BCUT2D eigenvalue weighted by Gasteiger charge is 2.07. The SMILES string of the molecule is O=C(Nc1cnc(Cl)cn1)c1cnccn1. The fourth-order valence-electron chi connectivity index (χ4n) is 0.974. The molecule has 2 aromatic heterocycles. The fraction of sp³-hybridized carbons (Fsp3) is 0. The third-order valence-corrected chi connectivity index (χ3v) is 1.85. The quantitative estimate of drug-likeness (QED) is 0.845. The van der Waals surface area contributed by atoms with E-state index in [9.17, 15) is 4.79 Å². The number of hydrogen-bond donors (Lipinski definition) is 1. The van der Waals surface area contributed by atoms with Crippen LogP contribution in [0.25, 0.3) is 0 Å². The van der Waals surface area contributed by atoms with Crippen LogP contribution in [0.4, 0.5) is 5.82 Å². The van der Waals surface area contributed by atoms with Crippen LogP contribution < -0.4 is 5.32 Å². The van der Waals surface area contributed by atoms with E-state index in [1.54, 1.807) is 0 Å². The van der Waals surface area contributed by atoms with E-state index in [0.29, 0.717) is 5.82 Å². The Morgan fingerprint density at radius 3 is 2.62 bits per heavy atom. The van der Waals surface area contributed by atoms with Crippen LogP contribution in [-0.2, 0) is 0 Å². The largest absolute Gasteiger partial charge is 0.304 e. The first kappa shape index (κ1) is 10.4. The molecule has 0 spiro atoms. The highest BCUT2D eigenvalue weighted by molar-refractivity contribution is 6.29. The van der Waals surface area contributed by atoms with Gasteiger partial charge in [0.15, 0.2) is 5.82 Å². The van der Waals surface area contributed by atoms with E-state index in [4.69, 9.17) is 11.6 Å². The topological polar surface area (TPSA) is 80.7 Å². The minimum atomic E-state index is -0.398. The molecule has 0 radical (unpaired) electrons. The molecule has 7 heteroatoms. The molecule has 0 unspecified atom stereocenters. The minimum Gasteiger partial charge on any atom is -0.304 e. The van der Waals surface area contributed by atoms with Gasteiger partial charge in [-0.25, -0.2) is 15.0 Å². The summed E-state index contributed by atoms with van der Waals surface area (Å²) in [5, 5.41) is 2.77. The standard InChI is InChI=1S/C9H6ClN5O/c10-7-4-14-8(5-13-7)15-9(16)6-3-11-1-2-12-6/h1-5H,(H,14,15,16). The molecule has 1 amide bonds. The smallest absolute Gasteiger partial charge is 0.277 e. The summed E-state index contributed by atoms with van der Waals surface area (Å²) >= 11 is 5.56. The van der Waals surface area contributed by atoms with Crippen LogP contribution in [0.15, 0.2) is 31.0 Å². The van der Waals surface area contributed by atoms with Gasteiger partial charge in [0.1, 0.15) is 10.8 Å². The zero-order valence-electron chi connectivity index (χ0n) is 7.96. The molecule has 0 bridgehead atoms. The monoisotopic (exact) mass is 235 g/mol. The van der Waals surface area contributed by atoms with E-state index in [-0.39, 0.29) is 10.8 Å². The van der Waals surface area contributed by atoms with Crippen LogP contribution in [0.1, 0.15) is 10.5 Å². The van der Waals surface area contributed by atoms with E-state index in [1.165, 1.54) is 31.0 Å². The molecule has 80 valence electrons. The predicted molar refractivity (Wildman–Crippen MR) is 57.0 cm³/mol. The van der Waals surface area contributed by atoms with Gasteiger partial charge in [-0.15, -0.1) is 0 Å². The predicted octanol–water partition coefficient (Wildman–Crippen LogP) is 1.17. The molecule has 0 aliphatic rings. The maximum Gasteiger partial charge on any atom is 0.277 e. The number of carbonyl (C=O) groups excluding carboxylic acids is 1. The highest BCUT2D eigenvalue weighted by Crippen LogP contribution is 2.06. The summed E-state index contributed by atoms with van der Waals surface area (Å²) in [6.07, 6.45) is 6.98. The zero-order valence-corrected chi connectivity index (χ0v) is 8.72. The summed E-state index contributed by atoms with van der Waals surface area (Å²) in [4.78, 5) is 26.9. The first-order chi connectivity index (χ1) is 7.75. The molecule has 2 aromatic rings. The summed E-state index contributed by atoms with van der Waals surface area (Å²) in [6, 6.07) is 0. The van der Waals surface area contributed by atoms with Crippen molar-refractivity contribution < 1.29 is 4.79 Å². The van der Waals surface area contributed by atoms with E-state index in [2.05, 4.69) is 25.3 Å². The number of carbonyl (C=O) groups is 1. The molecule has 2 heterocycles. The second-order valence-electron chi connectivity index (χ2n) is 2.77. The van der Waals surface area contributed by atoms with Gasteiger partial charge in [-0.3, -0.25) is 9.78 Å². The summed E-state index contributed by atoms with van der Waals surface area (Å²) in [5.41, 5.74) is 0.208. The Morgan fingerprint density at radius 2 is 2.00 bits per heavy atom. The van der Waals surface area contributed by atoms with Gasteiger partial charge in [0.05, 0.1) is 18.6 Å². The normalized spacial score (nSPS) is 9.81. The Kier molecular flexibility index (Phi) is 3.02. The van der Waals surface area contributed by atoms with Gasteiger partial charge in [-0.05, 0) is 0 Å². The molecule has 0 aromatic carbocycles. The van der Waals surface area contributed by atoms with Crippen molar-refractivity contribution in [2.45, 2.75) is 0 Å². The maximum atomic E-state index is 11.6. The Labute approximate surface area is 95.7 Å². The highest BCUT2D eigenvalue weighted by atomic mass is 35.5. The van der Waals surface area contributed by atoms with Gasteiger partial charge < -0.3 is 5.32 Å². The second-order valence-corrected chi connectivity index (χ2v) is 3.16. The Morgan fingerprint density at radius 1 is 1.12 bits per heavy atom. The Hall–Kier alpha value is -2.08. The van der Waals surface area contributed by atoms with Gasteiger partial charge >= 0.3 is 0 Å². The Bertz CT molecular complexity index is 487. The van der Waals surface area contributed by atoms with E-state index in [0.717, 1.165) is 0 Å². The third-order valence-electron chi connectivity index (χ3n) is 1.66. The molecular weight excluding hydrogens is 230 g/mol. The number of amides is 1. The number of aromatic nitrogens is 4. The molecular formula is C9H6ClN5O. The molecule has 0 saturated carbocycles. The first-order valence-corrected chi connectivity index (χ1v) is 4.68. The minimum absolute atomic E-state index is 0.208. The number of nitrogens with one attached hydrogen (secondary N) is 1. The lowest BCUT2D eigenvalue weighted by atomic mass is 10.4. The van der Waals surface area contributed by atoms with Crippen molar-refractivity contribution in [2.75, 3.05) is 5.32 Å². The molecule has 1 N–H and O–H groups in total. The first-order valence-electron chi connectivity index (χ1n) is 4.30. The van der Waals surface area contributed by atoms with Crippen molar-refractivity contribution >= 4 is 23.3 Å². The van der Waals surface area contributed by atoms with Crippen molar-refractivity contribution in [3.63, 3.8) is 0 Å². The van der Waals surface area contributed by atoms with Crippen LogP contribution in [0.3, 0.4) is 0 Å². The third kappa shape index (κ3) is 2.48. The van der Waals surface area contributed by atoms with Crippen LogP contribution >= 0.6 is 11.6 Å². The fourth-order valence-corrected chi connectivity index (χ4v) is 1.07. The molecule has 6 nitrogen and oxygen atoms in total. The van der Waals surface area contributed by atoms with Gasteiger partial charge in [-0.2, -0.15) is 0 Å². The lowest BCUT2D eigenvalue weighted by Gasteiger charge is -2.02. The van der Waals surface area contributed by atoms with E-state index >= 15 is 0 Å². The zero-order chi connectivity index (χ0) is 11.4. The molecule has 2 rings (SSSR count). The number of hydrogen-bond acceptors (Lipinski definition) is 5. The van der Waals surface area contributed by atoms with E-state index in [1.807, 2.05) is 0 Å². The van der Waals surface area contributed by atoms with Crippen LogP contribution in [0.2, 0.25) is 5.15 Å². The molecule has 0 atom stereocenters. The van der Waals surface area contributed by atoms with Gasteiger partial charge in [0.2, 0.25) is 0 Å². The average molecular weight is 236 g/mol. The van der Waals surface area contributed by atoms with Crippen molar-refractivity contribution in [2.24, 2.45) is 0 Å². The van der Waals surface area contributed by atoms with Crippen molar-refractivity contribution in [1.29, 1.82) is 0 Å². The summed E-state index contributed by atoms with van der Waals surface area (Å²) in [6.45, 7) is 0. The molecule has 0 saturated heterocycles. The van der Waals surface area contributed by atoms with E-state index < -0.39 is 5.91 Å². The second kappa shape index (κ2) is 4.63. The molecule has 16 heavy (non-hydrogen) atoms. The lowest BCUT2D eigenvalue weighted by Crippen LogP contribution is -2.14. The van der Waals surface area contributed by atoms with Crippen molar-refractivity contribution in [1.82, 2.24) is 19.9 Å². The number of halogens is 1. The van der Waals surface area contributed by atoms with Crippen LogP contribution in [-0.4, -0.2) is 25.8 Å². The van der Waals surface area contributed by atoms with Crippen LogP contribution in [0.5, 0.6) is 0 Å². The van der Waals surface area contributed by atoms with Gasteiger partial charge in [0.25, 0.3) is 5.91 Å². The maximum absolute atomic E-state index is 11.6. The number of rotatable bonds is 2. The van der Waals surface area contributed by atoms with Crippen LogP contribution in [0, 0.1) is 0 Å².